The average molecular weight is 475 g/mol. The van der Waals surface area contributed by atoms with Crippen LogP contribution in [0.1, 0.15) is 101 Å². The Balaban J connectivity index is -0.000000415. The Morgan fingerprint density at radius 3 is 1.33 bits per heavy atom. The summed E-state index contributed by atoms with van der Waals surface area (Å²) in [4.78, 5) is 33.9. The monoisotopic (exact) mass is 474 g/mol. The lowest BCUT2D eigenvalue weighted by Crippen LogP contribution is -2.31. The number of Topliss-reactive ketones (excluding diaryl/α,β-unsaturated/α-hetero) is 3. The van der Waals surface area contributed by atoms with Gasteiger partial charge in [-0.25, -0.2) is 0 Å². The minimum Gasteiger partial charge on any atom is -0.385 e. The molecule has 0 bridgehead atoms. The molecule has 198 valence electrons. The number of unbranched alkanes of at least 4 members (excludes halogenated alkanes) is 2. The van der Waals surface area contributed by atoms with E-state index in [2.05, 4.69) is 0 Å². The first kappa shape index (κ1) is 36.5. The highest BCUT2D eigenvalue weighted by molar-refractivity contribution is 5.87. The Morgan fingerprint density at radius 2 is 1.03 bits per heavy atom. The Hall–Kier alpha value is -1.11. The van der Waals surface area contributed by atoms with Crippen molar-refractivity contribution >= 4 is 17.3 Å². The number of ether oxygens (including phenoxy) is 3. The van der Waals surface area contributed by atoms with E-state index in [1.807, 2.05) is 62.3 Å². The van der Waals surface area contributed by atoms with Crippen molar-refractivity contribution in [3.63, 3.8) is 0 Å². The Bertz CT molecular complexity index is 532. The number of methoxy groups -OCH3 is 3. The van der Waals surface area contributed by atoms with Gasteiger partial charge in [-0.3, -0.25) is 14.4 Å². The molecule has 0 amide bonds. The Kier molecular flexibility index (Phi) is 20.2. The molecule has 6 heteroatoms. The number of hydrogen-bond acceptors (Lipinski definition) is 6. The van der Waals surface area contributed by atoms with Crippen molar-refractivity contribution in [1.29, 1.82) is 0 Å². The second kappa shape index (κ2) is 18.2. The van der Waals surface area contributed by atoms with Crippen LogP contribution in [0.4, 0.5) is 0 Å². The molecule has 1 atom stereocenters. The van der Waals surface area contributed by atoms with Crippen molar-refractivity contribution in [2.24, 2.45) is 16.2 Å². The molecule has 0 N–H and O–H groups in total. The molecule has 6 nitrogen and oxygen atoms in total. The maximum atomic E-state index is 11.5. The van der Waals surface area contributed by atoms with Gasteiger partial charge in [-0.1, -0.05) is 68.7 Å². The summed E-state index contributed by atoms with van der Waals surface area (Å²) in [6.07, 6.45) is 4.12. The van der Waals surface area contributed by atoms with Crippen molar-refractivity contribution < 1.29 is 28.6 Å². The van der Waals surface area contributed by atoms with Gasteiger partial charge in [-0.15, -0.1) is 0 Å². The highest BCUT2D eigenvalue weighted by atomic mass is 16.5. The number of rotatable bonds is 11. The standard InChI is InChI=1S/C11H22O2.2C8H16O2/c1-11(2,3)10(12)8-6-5-7-9-13-4;1-8(2,3)7(9)5-6-10-4;1-6(10-5)7(9)8(2,3)4/h5-9H2,1-4H3;5-6H2,1-4H3;6H,1-5H3. The van der Waals surface area contributed by atoms with Crippen molar-refractivity contribution in [2.75, 3.05) is 34.5 Å². The van der Waals surface area contributed by atoms with Crippen LogP contribution in [-0.4, -0.2) is 58.0 Å². The second-order valence-corrected chi connectivity index (χ2v) is 11.4. The van der Waals surface area contributed by atoms with E-state index < -0.39 is 0 Å². The van der Waals surface area contributed by atoms with Crippen LogP contribution >= 0.6 is 0 Å². The van der Waals surface area contributed by atoms with Crippen LogP contribution in [0.2, 0.25) is 0 Å². The molecule has 0 aliphatic rings. The van der Waals surface area contributed by atoms with E-state index in [0.717, 1.165) is 25.9 Å². The summed E-state index contributed by atoms with van der Waals surface area (Å²) in [5, 5.41) is 0. The lowest BCUT2D eigenvalue weighted by Gasteiger charge is -2.20. The van der Waals surface area contributed by atoms with Crippen molar-refractivity contribution in [3.8, 4) is 0 Å². The highest BCUT2D eigenvalue weighted by Crippen LogP contribution is 2.19. The van der Waals surface area contributed by atoms with Gasteiger partial charge in [0.2, 0.25) is 0 Å². The van der Waals surface area contributed by atoms with E-state index >= 15 is 0 Å². The summed E-state index contributed by atoms with van der Waals surface area (Å²) in [6.45, 7) is 20.5. The van der Waals surface area contributed by atoms with Gasteiger partial charge in [-0.05, 0) is 19.8 Å². The normalized spacial score (nSPS) is 12.6. The molecule has 0 spiro atoms. The third-order valence-corrected chi connectivity index (χ3v) is 4.92. The molecule has 0 radical (unpaired) electrons. The Labute approximate surface area is 204 Å². The average Bonchev–Trinajstić information content (AvgIpc) is 2.69. The summed E-state index contributed by atoms with van der Waals surface area (Å²) < 4.78 is 14.6. The fraction of sp³-hybridized carbons (Fsp3) is 0.889. The maximum Gasteiger partial charge on any atom is 0.166 e. The van der Waals surface area contributed by atoms with Gasteiger partial charge in [0.15, 0.2) is 5.78 Å². The van der Waals surface area contributed by atoms with Crippen LogP contribution in [0.25, 0.3) is 0 Å². The SMILES string of the molecule is COC(C)C(=O)C(C)(C)C.COCCC(=O)C(C)(C)C.COCCCCCC(=O)C(C)(C)C. The quantitative estimate of drug-likeness (QED) is 0.338. The van der Waals surface area contributed by atoms with Gasteiger partial charge < -0.3 is 14.2 Å². The lowest BCUT2D eigenvalue weighted by atomic mass is 9.88. The minimum absolute atomic E-state index is 0.148. The van der Waals surface area contributed by atoms with Gasteiger partial charge in [-0.2, -0.15) is 0 Å². The summed E-state index contributed by atoms with van der Waals surface area (Å²) in [7, 11) is 4.87. The topological polar surface area (TPSA) is 78.9 Å². The Morgan fingerprint density at radius 1 is 0.606 bits per heavy atom. The molecule has 0 aromatic carbocycles. The van der Waals surface area contributed by atoms with Crippen LogP contribution < -0.4 is 0 Å². The zero-order valence-electron chi connectivity index (χ0n) is 24.0. The zero-order chi connectivity index (χ0) is 26.9. The molecule has 0 saturated heterocycles. The van der Waals surface area contributed by atoms with Gasteiger partial charge in [0.25, 0.3) is 0 Å². The van der Waals surface area contributed by atoms with E-state index in [1.165, 1.54) is 0 Å². The third-order valence-electron chi connectivity index (χ3n) is 4.92. The molecular formula is C27H54O6. The lowest BCUT2D eigenvalue weighted by molar-refractivity contribution is -0.135. The molecule has 33 heavy (non-hydrogen) atoms. The van der Waals surface area contributed by atoms with Crippen molar-refractivity contribution in [2.45, 2.75) is 107 Å². The van der Waals surface area contributed by atoms with Crippen LogP contribution in [0.5, 0.6) is 0 Å². The number of carbonyl (C=O) groups excluding carboxylic acids is 3. The molecule has 1 unspecified atom stereocenters. The van der Waals surface area contributed by atoms with Gasteiger partial charge in [0, 0.05) is 57.0 Å². The predicted molar refractivity (Wildman–Crippen MR) is 137 cm³/mol. The summed E-state index contributed by atoms with van der Waals surface area (Å²) >= 11 is 0. The van der Waals surface area contributed by atoms with Crippen LogP contribution in [-0.2, 0) is 28.6 Å². The molecular weight excluding hydrogens is 420 g/mol. The molecule has 0 aliphatic carbocycles. The van der Waals surface area contributed by atoms with Crippen molar-refractivity contribution in [3.05, 3.63) is 0 Å². The van der Waals surface area contributed by atoms with Crippen LogP contribution in [0, 0.1) is 16.2 Å². The van der Waals surface area contributed by atoms with Gasteiger partial charge in [0.1, 0.15) is 17.7 Å². The largest absolute Gasteiger partial charge is 0.385 e. The first-order chi connectivity index (χ1) is 14.9. The molecule has 0 aromatic rings. The first-order valence-electron chi connectivity index (χ1n) is 12.0. The van der Waals surface area contributed by atoms with E-state index in [-0.39, 0.29) is 33.9 Å². The van der Waals surface area contributed by atoms with E-state index in [1.54, 1.807) is 28.3 Å². The minimum atomic E-state index is -0.282. The first-order valence-corrected chi connectivity index (χ1v) is 12.0. The highest BCUT2D eigenvalue weighted by Gasteiger charge is 2.26. The van der Waals surface area contributed by atoms with E-state index in [0.29, 0.717) is 25.2 Å². The second-order valence-electron chi connectivity index (χ2n) is 11.4. The van der Waals surface area contributed by atoms with Crippen molar-refractivity contribution in [1.82, 2.24) is 0 Å². The number of carbonyl (C=O) groups is 3. The summed E-state index contributed by atoms with van der Waals surface area (Å²) in [5.41, 5.74) is -0.658. The third kappa shape index (κ3) is 22.4. The van der Waals surface area contributed by atoms with Crippen LogP contribution in [0.3, 0.4) is 0 Å². The smallest absolute Gasteiger partial charge is 0.166 e. The van der Waals surface area contributed by atoms with Gasteiger partial charge in [0.05, 0.1) is 6.61 Å². The predicted octanol–water partition coefficient (Wildman–Crippen LogP) is 6.08. The molecule has 0 aromatic heterocycles. The van der Waals surface area contributed by atoms with E-state index in [9.17, 15) is 14.4 Å². The van der Waals surface area contributed by atoms with Gasteiger partial charge >= 0.3 is 0 Å². The number of hydrogen-bond donors (Lipinski definition) is 0. The fourth-order valence-corrected chi connectivity index (χ4v) is 2.37. The molecule has 0 heterocycles. The molecule has 0 fully saturated rings. The summed E-state index contributed by atoms with van der Waals surface area (Å²) in [5.74, 6) is 0.772. The molecule has 0 saturated carbocycles. The molecule has 0 aliphatic heterocycles. The number of ketones is 3. The van der Waals surface area contributed by atoms with Crippen LogP contribution in [0.15, 0.2) is 0 Å². The molecule has 0 rings (SSSR count). The van der Waals surface area contributed by atoms with E-state index in [4.69, 9.17) is 14.2 Å². The fourth-order valence-electron chi connectivity index (χ4n) is 2.37. The maximum absolute atomic E-state index is 11.5. The summed E-state index contributed by atoms with van der Waals surface area (Å²) in [6, 6.07) is 0. The zero-order valence-corrected chi connectivity index (χ0v) is 24.0.